The minimum Gasteiger partial charge on any atom is -0.490 e. The van der Waals surface area contributed by atoms with Gasteiger partial charge in [0, 0.05) is 11.3 Å². The lowest BCUT2D eigenvalue weighted by Gasteiger charge is -2.16. The van der Waals surface area contributed by atoms with E-state index in [2.05, 4.69) is 24.9 Å². The standard InChI is InChI=1S/C22H28N2O2/c1-5-14-26-20-12-10-18(11-13-20)15-24(4)16-21(25)23-22-17(3)8-7-9-19(22)6-2/h5,7-13H,1,6,14-16H2,2-4H3,(H,23,25)/p+1. The van der Waals surface area contributed by atoms with Crippen molar-refractivity contribution in [2.24, 2.45) is 0 Å². The van der Waals surface area contributed by atoms with E-state index < -0.39 is 0 Å². The second-order valence-corrected chi connectivity index (χ2v) is 6.57. The van der Waals surface area contributed by atoms with Crippen molar-refractivity contribution in [2.45, 2.75) is 26.8 Å². The van der Waals surface area contributed by atoms with Crippen molar-refractivity contribution in [3.05, 3.63) is 71.8 Å². The first-order valence-corrected chi connectivity index (χ1v) is 9.05. The average molecular weight is 353 g/mol. The van der Waals surface area contributed by atoms with Crippen LogP contribution in [0.2, 0.25) is 0 Å². The van der Waals surface area contributed by atoms with Gasteiger partial charge in [-0.1, -0.05) is 37.8 Å². The Morgan fingerprint density at radius 2 is 1.96 bits per heavy atom. The van der Waals surface area contributed by atoms with Crippen LogP contribution < -0.4 is 15.0 Å². The smallest absolute Gasteiger partial charge is 0.279 e. The van der Waals surface area contributed by atoms with Crippen LogP contribution in [0, 0.1) is 6.92 Å². The molecular weight excluding hydrogens is 324 g/mol. The van der Waals surface area contributed by atoms with E-state index in [4.69, 9.17) is 4.74 Å². The summed E-state index contributed by atoms with van der Waals surface area (Å²) >= 11 is 0. The number of ether oxygens (including phenoxy) is 1. The summed E-state index contributed by atoms with van der Waals surface area (Å²) in [6.07, 6.45) is 2.63. The Morgan fingerprint density at radius 3 is 2.62 bits per heavy atom. The summed E-state index contributed by atoms with van der Waals surface area (Å²) in [6, 6.07) is 14.1. The summed E-state index contributed by atoms with van der Waals surface area (Å²) in [4.78, 5) is 13.6. The second-order valence-electron chi connectivity index (χ2n) is 6.57. The van der Waals surface area contributed by atoms with Gasteiger partial charge in [-0.2, -0.15) is 0 Å². The number of hydrogen-bond donors (Lipinski definition) is 2. The Balaban J connectivity index is 1.90. The van der Waals surface area contributed by atoms with Crippen LogP contribution in [0.15, 0.2) is 55.1 Å². The third-order valence-electron chi connectivity index (χ3n) is 4.26. The van der Waals surface area contributed by atoms with Gasteiger partial charge in [-0.05, 0) is 48.7 Å². The van der Waals surface area contributed by atoms with Gasteiger partial charge in [0.15, 0.2) is 6.54 Å². The Labute approximate surface area is 156 Å². The number of amides is 1. The number of carbonyl (C=O) groups excluding carboxylic acids is 1. The first-order chi connectivity index (χ1) is 12.5. The van der Waals surface area contributed by atoms with Gasteiger partial charge in [0.05, 0.1) is 7.05 Å². The van der Waals surface area contributed by atoms with Gasteiger partial charge in [-0.3, -0.25) is 4.79 Å². The normalized spacial score (nSPS) is 11.7. The Morgan fingerprint density at radius 1 is 1.23 bits per heavy atom. The van der Waals surface area contributed by atoms with Crippen molar-refractivity contribution in [1.82, 2.24) is 0 Å². The molecule has 0 aromatic heterocycles. The molecule has 138 valence electrons. The van der Waals surface area contributed by atoms with Crippen LogP contribution in [0.3, 0.4) is 0 Å². The minimum absolute atomic E-state index is 0.0393. The number of carbonyl (C=O) groups is 1. The molecule has 0 bridgehead atoms. The van der Waals surface area contributed by atoms with E-state index in [0.29, 0.717) is 13.2 Å². The molecule has 0 spiro atoms. The highest BCUT2D eigenvalue weighted by Crippen LogP contribution is 2.20. The van der Waals surface area contributed by atoms with Crippen molar-refractivity contribution >= 4 is 11.6 Å². The summed E-state index contributed by atoms with van der Waals surface area (Å²) in [7, 11) is 2.03. The predicted molar refractivity (Wildman–Crippen MR) is 107 cm³/mol. The zero-order valence-corrected chi connectivity index (χ0v) is 16.0. The summed E-state index contributed by atoms with van der Waals surface area (Å²) in [5.74, 6) is 0.869. The molecular formula is C22H29N2O2+. The van der Waals surface area contributed by atoms with Crippen LogP contribution in [0.1, 0.15) is 23.6 Å². The molecule has 1 atom stereocenters. The molecule has 0 aliphatic heterocycles. The van der Waals surface area contributed by atoms with E-state index in [1.807, 2.05) is 50.4 Å². The fourth-order valence-electron chi connectivity index (χ4n) is 2.93. The zero-order valence-electron chi connectivity index (χ0n) is 16.0. The molecule has 2 rings (SSSR count). The van der Waals surface area contributed by atoms with Crippen LogP contribution in [-0.4, -0.2) is 26.1 Å². The van der Waals surface area contributed by atoms with Gasteiger partial charge < -0.3 is 15.0 Å². The summed E-state index contributed by atoms with van der Waals surface area (Å²) in [5, 5.41) is 3.09. The Bertz CT molecular complexity index is 738. The number of para-hydroxylation sites is 1. The SMILES string of the molecule is C=CCOc1ccc(C[NH+](C)CC(=O)Nc2c(C)cccc2CC)cc1. The van der Waals surface area contributed by atoms with Crippen molar-refractivity contribution < 1.29 is 14.4 Å². The highest BCUT2D eigenvalue weighted by atomic mass is 16.5. The van der Waals surface area contributed by atoms with Gasteiger partial charge in [0.1, 0.15) is 18.9 Å². The number of anilines is 1. The summed E-state index contributed by atoms with van der Waals surface area (Å²) < 4.78 is 5.49. The van der Waals surface area contributed by atoms with E-state index in [0.717, 1.165) is 34.9 Å². The van der Waals surface area contributed by atoms with Crippen LogP contribution in [0.25, 0.3) is 0 Å². The van der Waals surface area contributed by atoms with Crippen LogP contribution in [0.4, 0.5) is 5.69 Å². The first kappa shape index (κ1) is 19.7. The molecule has 0 heterocycles. The molecule has 0 aliphatic carbocycles. The zero-order chi connectivity index (χ0) is 18.9. The third-order valence-corrected chi connectivity index (χ3v) is 4.26. The first-order valence-electron chi connectivity index (χ1n) is 9.05. The third kappa shape index (κ3) is 5.74. The number of nitrogens with one attached hydrogen (secondary N) is 2. The molecule has 4 nitrogen and oxygen atoms in total. The van der Waals surface area contributed by atoms with Crippen LogP contribution in [-0.2, 0) is 17.8 Å². The molecule has 4 heteroatoms. The number of rotatable bonds is 9. The van der Waals surface area contributed by atoms with Gasteiger partial charge in [-0.15, -0.1) is 0 Å². The van der Waals surface area contributed by atoms with E-state index in [-0.39, 0.29) is 5.91 Å². The number of aryl methyl sites for hydroxylation is 2. The lowest BCUT2D eigenvalue weighted by atomic mass is 10.1. The largest absolute Gasteiger partial charge is 0.490 e. The second kappa shape index (κ2) is 9.78. The summed E-state index contributed by atoms with van der Waals surface area (Å²) in [5.41, 5.74) is 4.40. The Kier molecular flexibility index (Phi) is 7.42. The van der Waals surface area contributed by atoms with Gasteiger partial charge in [0.2, 0.25) is 0 Å². The lowest BCUT2D eigenvalue weighted by molar-refractivity contribution is -0.885. The molecule has 1 amide bonds. The maximum absolute atomic E-state index is 12.4. The quantitative estimate of drug-likeness (QED) is 0.681. The maximum atomic E-state index is 12.4. The molecule has 1 unspecified atom stereocenters. The molecule has 0 radical (unpaired) electrons. The summed E-state index contributed by atoms with van der Waals surface area (Å²) in [6.45, 7) is 9.48. The predicted octanol–water partition coefficient (Wildman–Crippen LogP) is 2.78. The molecule has 0 saturated heterocycles. The molecule has 2 aromatic carbocycles. The van der Waals surface area contributed by atoms with E-state index >= 15 is 0 Å². The number of quaternary nitrogens is 1. The van der Waals surface area contributed by atoms with Crippen LogP contribution in [0.5, 0.6) is 5.75 Å². The monoisotopic (exact) mass is 353 g/mol. The molecule has 26 heavy (non-hydrogen) atoms. The fraction of sp³-hybridized carbons (Fsp3) is 0.318. The highest BCUT2D eigenvalue weighted by Gasteiger charge is 2.13. The van der Waals surface area contributed by atoms with E-state index in [1.165, 1.54) is 11.1 Å². The minimum atomic E-state index is 0.0393. The van der Waals surface area contributed by atoms with Gasteiger partial charge in [0.25, 0.3) is 5.91 Å². The van der Waals surface area contributed by atoms with Crippen molar-refractivity contribution in [2.75, 3.05) is 25.5 Å². The lowest BCUT2D eigenvalue weighted by Crippen LogP contribution is -3.08. The maximum Gasteiger partial charge on any atom is 0.279 e. The van der Waals surface area contributed by atoms with Crippen molar-refractivity contribution in [3.63, 3.8) is 0 Å². The number of hydrogen-bond acceptors (Lipinski definition) is 2. The molecule has 0 fully saturated rings. The Hall–Kier alpha value is -2.59. The topological polar surface area (TPSA) is 42.8 Å². The number of benzene rings is 2. The van der Waals surface area contributed by atoms with E-state index in [1.54, 1.807) is 6.08 Å². The van der Waals surface area contributed by atoms with Gasteiger partial charge in [-0.25, -0.2) is 0 Å². The fourth-order valence-corrected chi connectivity index (χ4v) is 2.93. The molecule has 0 aliphatic rings. The highest BCUT2D eigenvalue weighted by molar-refractivity contribution is 5.93. The van der Waals surface area contributed by atoms with Crippen molar-refractivity contribution in [3.8, 4) is 5.75 Å². The van der Waals surface area contributed by atoms with Crippen molar-refractivity contribution in [1.29, 1.82) is 0 Å². The van der Waals surface area contributed by atoms with Crippen LogP contribution >= 0.6 is 0 Å². The van der Waals surface area contributed by atoms with E-state index in [9.17, 15) is 4.79 Å². The molecule has 0 saturated carbocycles. The average Bonchev–Trinajstić information content (AvgIpc) is 2.62. The van der Waals surface area contributed by atoms with Gasteiger partial charge >= 0.3 is 0 Å². The molecule has 2 aromatic rings. The molecule has 2 N–H and O–H groups in total. The number of likely N-dealkylation sites (N-methyl/N-ethyl adjacent to an activating group) is 1.